The number of carbonyl (C=O) groups excluding carboxylic acids is 1. The highest BCUT2D eigenvalue weighted by atomic mass is 32.1. The van der Waals surface area contributed by atoms with E-state index in [1.54, 1.807) is 17.5 Å². The van der Waals surface area contributed by atoms with Crippen LogP contribution in [-0.4, -0.2) is 38.4 Å². The SMILES string of the molecule is CC(C)c1nccn1[C@H]1CCCN(C(=O)CCc2nccs2)C1. The molecule has 0 aliphatic carbocycles. The van der Waals surface area contributed by atoms with E-state index in [1.807, 2.05) is 16.5 Å². The molecule has 0 spiro atoms. The van der Waals surface area contributed by atoms with Crippen LogP contribution in [0.4, 0.5) is 0 Å². The summed E-state index contributed by atoms with van der Waals surface area (Å²) in [5, 5.41) is 3.01. The molecule has 6 heteroatoms. The Morgan fingerprint density at radius 1 is 1.39 bits per heavy atom. The van der Waals surface area contributed by atoms with E-state index < -0.39 is 0 Å². The fraction of sp³-hybridized carbons (Fsp3) is 0.588. The van der Waals surface area contributed by atoms with Crippen LogP contribution in [0.5, 0.6) is 0 Å². The van der Waals surface area contributed by atoms with Crippen LogP contribution in [0.3, 0.4) is 0 Å². The number of hydrogen-bond donors (Lipinski definition) is 0. The van der Waals surface area contributed by atoms with E-state index in [1.165, 1.54) is 0 Å². The number of nitrogens with zero attached hydrogens (tertiary/aromatic N) is 4. The molecule has 0 N–H and O–H groups in total. The molecule has 3 rings (SSSR count). The average molecular weight is 332 g/mol. The number of rotatable bonds is 5. The Balaban J connectivity index is 1.61. The van der Waals surface area contributed by atoms with E-state index in [0.29, 0.717) is 18.4 Å². The molecule has 124 valence electrons. The van der Waals surface area contributed by atoms with Crippen molar-refractivity contribution in [3.8, 4) is 0 Å². The molecule has 2 aromatic heterocycles. The first-order valence-corrected chi connectivity index (χ1v) is 9.22. The minimum atomic E-state index is 0.246. The number of hydrogen-bond acceptors (Lipinski definition) is 4. The predicted octanol–water partition coefficient (Wildman–Crippen LogP) is 3.26. The maximum Gasteiger partial charge on any atom is 0.223 e. The molecule has 0 radical (unpaired) electrons. The van der Waals surface area contributed by atoms with Crippen LogP contribution in [0.25, 0.3) is 0 Å². The molecule has 1 aliphatic heterocycles. The Labute approximate surface area is 141 Å². The van der Waals surface area contributed by atoms with Crippen LogP contribution in [0.2, 0.25) is 0 Å². The summed E-state index contributed by atoms with van der Waals surface area (Å²) in [6.45, 7) is 6.00. The molecule has 1 amide bonds. The summed E-state index contributed by atoms with van der Waals surface area (Å²) < 4.78 is 2.27. The molecule has 1 saturated heterocycles. The zero-order valence-electron chi connectivity index (χ0n) is 13.8. The first-order chi connectivity index (χ1) is 11.1. The number of piperidine rings is 1. The first kappa shape index (κ1) is 16.2. The maximum atomic E-state index is 12.5. The molecule has 5 nitrogen and oxygen atoms in total. The van der Waals surface area contributed by atoms with Gasteiger partial charge in [0.1, 0.15) is 5.82 Å². The molecular weight excluding hydrogens is 308 g/mol. The molecule has 0 aromatic carbocycles. The zero-order chi connectivity index (χ0) is 16.2. The minimum Gasteiger partial charge on any atom is -0.341 e. The Morgan fingerprint density at radius 2 is 2.26 bits per heavy atom. The van der Waals surface area contributed by atoms with Crippen molar-refractivity contribution in [2.75, 3.05) is 13.1 Å². The second-order valence-electron chi connectivity index (χ2n) is 6.41. The third-order valence-corrected chi connectivity index (χ3v) is 5.23. The number of aromatic nitrogens is 3. The summed E-state index contributed by atoms with van der Waals surface area (Å²) in [5.74, 6) is 1.77. The van der Waals surface area contributed by atoms with Crippen LogP contribution < -0.4 is 0 Å². The van der Waals surface area contributed by atoms with Gasteiger partial charge < -0.3 is 9.47 Å². The largest absolute Gasteiger partial charge is 0.341 e. The van der Waals surface area contributed by atoms with Crippen molar-refractivity contribution in [1.82, 2.24) is 19.4 Å². The molecule has 2 aromatic rings. The van der Waals surface area contributed by atoms with Gasteiger partial charge in [0.05, 0.1) is 11.0 Å². The molecule has 0 unspecified atom stereocenters. The van der Waals surface area contributed by atoms with Gasteiger partial charge in [-0.25, -0.2) is 9.97 Å². The van der Waals surface area contributed by atoms with E-state index >= 15 is 0 Å². The molecule has 23 heavy (non-hydrogen) atoms. The molecule has 3 heterocycles. The normalized spacial score (nSPS) is 18.6. The maximum absolute atomic E-state index is 12.5. The van der Waals surface area contributed by atoms with Crippen molar-refractivity contribution in [2.24, 2.45) is 0 Å². The van der Waals surface area contributed by atoms with Crippen LogP contribution >= 0.6 is 11.3 Å². The van der Waals surface area contributed by atoms with Crippen molar-refractivity contribution in [2.45, 2.75) is 51.5 Å². The molecule has 0 bridgehead atoms. The quantitative estimate of drug-likeness (QED) is 0.844. The summed E-state index contributed by atoms with van der Waals surface area (Å²) >= 11 is 1.62. The second-order valence-corrected chi connectivity index (χ2v) is 7.39. The molecule has 1 aliphatic rings. The Kier molecular flexibility index (Phi) is 5.10. The summed E-state index contributed by atoms with van der Waals surface area (Å²) in [5.41, 5.74) is 0. The number of imidazole rings is 1. The molecule has 0 saturated carbocycles. The van der Waals surface area contributed by atoms with Gasteiger partial charge in [0, 0.05) is 55.8 Å². The lowest BCUT2D eigenvalue weighted by Gasteiger charge is -2.34. The van der Waals surface area contributed by atoms with E-state index in [9.17, 15) is 4.79 Å². The van der Waals surface area contributed by atoms with Crippen LogP contribution in [0, 0.1) is 0 Å². The van der Waals surface area contributed by atoms with Gasteiger partial charge in [-0.05, 0) is 12.8 Å². The summed E-state index contributed by atoms with van der Waals surface area (Å²) in [7, 11) is 0. The van der Waals surface area contributed by atoms with Crippen molar-refractivity contribution in [3.63, 3.8) is 0 Å². The average Bonchev–Trinajstić information content (AvgIpc) is 3.24. The van der Waals surface area contributed by atoms with Crippen molar-refractivity contribution < 1.29 is 4.79 Å². The van der Waals surface area contributed by atoms with Crippen LogP contribution in [-0.2, 0) is 11.2 Å². The third-order valence-electron chi connectivity index (χ3n) is 4.39. The lowest BCUT2D eigenvalue weighted by molar-refractivity contribution is -0.132. The predicted molar refractivity (Wildman–Crippen MR) is 91.6 cm³/mol. The summed E-state index contributed by atoms with van der Waals surface area (Å²) in [4.78, 5) is 23.3. The topological polar surface area (TPSA) is 51.0 Å². The number of aryl methyl sites for hydroxylation is 1. The van der Waals surface area contributed by atoms with E-state index in [-0.39, 0.29) is 5.91 Å². The van der Waals surface area contributed by atoms with E-state index in [0.717, 1.165) is 43.2 Å². The van der Waals surface area contributed by atoms with Gasteiger partial charge in [-0.15, -0.1) is 11.3 Å². The van der Waals surface area contributed by atoms with Gasteiger partial charge in [0.25, 0.3) is 0 Å². The number of likely N-dealkylation sites (tertiary alicyclic amines) is 1. The van der Waals surface area contributed by atoms with Gasteiger partial charge in [-0.2, -0.15) is 0 Å². The van der Waals surface area contributed by atoms with Gasteiger partial charge in [-0.1, -0.05) is 13.8 Å². The highest BCUT2D eigenvalue weighted by molar-refractivity contribution is 7.09. The van der Waals surface area contributed by atoms with Crippen molar-refractivity contribution in [3.05, 3.63) is 34.8 Å². The highest BCUT2D eigenvalue weighted by Crippen LogP contribution is 2.26. The molecular formula is C17H24N4OS. The Morgan fingerprint density at radius 3 is 3.00 bits per heavy atom. The smallest absolute Gasteiger partial charge is 0.223 e. The second kappa shape index (κ2) is 7.25. The summed E-state index contributed by atoms with van der Waals surface area (Å²) in [6.07, 6.45) is 9.22. The Hall–Kier alpha value is -1.69. The summed E-state index contributed by atoms with van der Waals surface area (Å²) in [6, 6.07) is 0.354. The molecule has 1 fully saturated rings. The fourth-order valence-electron chi connectivity index (χ4n) is 3.24. The number of carbonyl (C=O) groups is 1. The monoisotopic (exact) mass is 332 g/mol. The fourth-order valence-corrected chi connectivity index (χ4v) is 3.86. The lowest BCUT2D eigenvalue weighted by atomic mass is 10.0. The zero-order valence-corrected chi connectivity index (χ0v) is 14.6. The minimum absolute atomic E-state index is 0.246. The number of amides is 1. The highest BCUT2D eigenvalue weighted by Gasteiger charge is 2.26. The van der Waals surface area contributed by atoms with Crippen molar-refractivity contribution >= 4 is 17.2 Å². The van der Waals surface area contributed by atoms with E-state index in [2.05, 4.69) is 34.6 Å². The van der Waals surface area contributed by atoms with Crippen LogP contribution in [0.15, 0.2) is 24.0 Å². The van der Waals surface area contributed by atoms with Gasteiger partial charge in [-0.3, -0.25) is 4.79 Å². The van der Waals surface area contributed by atoms with E-state index in [4.69, 9.17) is 0 Å². The molecule has 1 atom stereocenters. The first-order valence-electron chi connectivity index (χ1n) is 8.34. The van der Waals surface area contributed by atoms with Gasteiger partial charge in [0.2, 0.25) is 5.91 Å². The van der Waals surface area contributed by atoms with Crippen LogP contribution in [0.1, 0.15) is 55.9 Å². The third kappa shape index (κ3) is 3.80. The standard InChI is InChI=1S/C17H24N4OS/c1-13(2)17-19-7-10-21(17)14-4-3-9-20(12-14)16(22)6-5-15-18-8-11-23-15/h7-8,10-11,13-14H,3-6,9,12H2,1-2H3/t14-/m0/s1. The van der Waals surface area contributed by atoms with Crippen molar-refractivity contribution in [1.29, 1.82) is 0 Å². The van der Waals surface area contributed by atoms with Gasteiger partial charge >= 0.3 is 0 Å². The Bertz CT molecular complexity index is 635. The van der Waals surface area contributed by atoms with Gasteiger partial charge in [0.15, 0.2) is 0 Å². The lowest BCUT2D eigenvalue weighted by Crippen LogP contribution is -2.41. The number of thiazole rings is 1.